The number of carbonyl (C=O) groups is 2. The number of nitrogens with zero attached hydrogens (tertiary/aromatic N) is 5. The minimum Gasteiger partial charge on any atom is -0.339 e. The van der Waals surface area contributed by atoms with Crippen molar-refractivity contribution in [3.63, 3.8) is 0 Å². The lowest BCUT2D eigenvalue weighted by Gasteiger charge is -2.34. The fourth-order valence-electron chi connectivity index (χ4n) is 3.71. The first-order chi connectivity index (χ1) is 15.1. The van der Waals surface area contributed by atoms with E-state index >= 15 is 0 Å². The molecular formula is C22H27FN6O2. The summed E-state index contributed by atoms with van der Waals surface area (Å²) >= 11 is 0. The Morgan fingerprint density at radius 2 is 1.77 bits per heavy atom. The second-order valence-electron chi connectivity index (χ2n) is 7.85. The van der Waals surface area contributed by atoms with Gasteiger partial charge in [-0.1, -0.05) is 18.2 Å². The van der Waals surface area contributed by atoms with Crippen LogP contribution in [0.25, 0.3) is 0 Å². The first-order valence-corrected chi connectivity index (χ1v) is 10.7. The predicted octanol–water partition coefficient (Wildman–Crippen LogP) is 2.03. The minimum atomic E-state index is -0.309. The Labute approximate surface area is 181 Å². The van der Waals surface area contributed by atoms with Gasteiger partial charge in [0.25, 0.3) is 0 Å². The van der Waals surface area contributed by atoms with Gasteiger partial charge >= 0.3 is 6.03 Å². The van der Waals surface area contributed by atoms with Crippen molar-refractivity contribution in [2.75, 3.05) is 37.6 Å². The summed E-state index contributed by atoms with van der Waals surface area (Å²) in [5, 5.41) is 2.84. The number of hydrogen-bond acceptors (Lipinski definition) is 5. The molecule has 0 spiro atoms. The Balaban J connectivity index is 1.22. The van der Waals surface area contributed by atoms with Crippen LogP contribution in [-0.4, -0.2) is 70.5 Å². The first-order valence-electron chi connectivity index (χ1n) is 10.7. The molecule has 0 radical (unpaired) electrons. The van der Waals surface area contributed by atoms with Gasteiger partial charge in [0.2, 0.25) is 11.9 Å². The van der Waals surface area contributed by atoms with Crippen LogP contribution in [0.3, 0.4) is 0 Å². The van der Waals surface area contributed by atoms with Crippen molar-refractivity contribution in [1.29, 1.82) is 0 Å². The molecular weight excluding hydrogens is 399 g/mol. The van der Waals surface area contributed by atoms with E-state index in [0.717, 1.165) is 12.8 Å². The van der Waals surface area contributed by atoms with Gasteiger partial charge < -0.3 is 20.0 Å². The SMILES string of the molecule is O=C(CCNC(=O)N(Cc1ccccc1F)C1CC1)N1CCN(c2ncccn2)CC1. The zero-order valence-corrected chi connectivity index (χ0v) is 17.4. The van der Waals surface area contributed by atoms with Crippen LogP contribution in [0.5, 0.6) is 0 Å². The first kappa shape index (κ1) is 21.0. The molecule has 8 nitrogen and oxygen atoms in total. The van der Waals surface area contributed by atoms with Crippen molar-refractivity contribution < 1.29 is 14.0 Å². The van der Waals surface area contributed by atoms with Gasteiger partial charge in [0, 0.05) is 63.1 Å². The zero-order chi connectivity index (χ0) is 21.6. The Morgan fingerprint density at radius 3 is 2.45 bits per heavy atom. The molecule has 2 aliphatic rings. The van der Waals surface area contributed by atoms with Gasteiger partial charge in [0.15, 0.2) is 0 Å². The molecule has 9 heteroatoms. The molecule has 31 heavy (non-hydrogen) atoms. The average Bonchev–Trinajstić information content (AvgIpc) is 3.64. The Kier molecular flexibility index (Phi) is 6.59. The molecule has 1 aromatic carbocycles. The number of hydrogen-bond donors (Lipinski definition) is 1. The fraction of sp³-hybridized carbons (Fsp3) is 0.455. The molecule has 0 unspecified atom stereocenters. The maximum Gasteiger partial charge on any atom is 0.317 e. The summed E-state index contributed by atoms with van der Waals surface area (Å²) in [6.45, 7) is 3.07. The molecule has 2 fully saturated rings. The van der Waals surface area contributed by atoms with Crippen LogP contribution in [0.2, 0.25) is 0 Å². The average molecular weight is 426 g/mol. The van der Waals surface area contributed by atoms with Crippen LogP contribution < -0.4 is 10.2 Å². The minimum absolute atomic E-state index is 0.0148. The number of aromatic nitrogens is 2. The summed E-state index contributed by atoms with van der Waals surface area (Å²) < 4.78 is 14.0. The molecule has 1 saturated carbocycles. The Bertz CT molecular complexity index is 900. The monoisotopic (exact) mass is 426 g/mol. The van der Waals surface area contributed by atoms with Gasteiger partial charge in [-0.3, -0.25) is 4.79 Å². The van der Waals surface area contributed by atoms with Crippen molar-refractivity contribution >= 4 is 17.9 Å². The summed E-state index contributed by atoms with van der Waals surface area (Å²) in [5.41, 5.74) is 0.501. The van der Waals surface area contributed by atoms with E-state index in [2.05, 4.69) is 20.2 Å². The van der Waals surface area contributed by atoms with Crippen LogP contribution in [0, 0.1) is 5.82 Å². The lowest BCUT2D eigenvalue weighted by molar-refractivity contribution is -0.131. The number of carbonyl (C=O) groups excluding carboxylic acids is 2. The van der Waals surface area contributed by atoms with E-state index in [-0.39, 0.29) is 43.3 Å². The Hall–Kier alpha value is -3.23. The zero-order valence-electron chi connectivity index (χ0n) is 17.4. The normalized spacial score (nSPS) is 16.2. The molecule has 1 aliphatic carbocycles. The van der Waals surface area contributed by atoms with E-state index < -0.39 is 0 Å². The molecule has 4 rings (SSSR count). The van der Waals surface area contributed by atoms with Gasteiger partial charge in [0.05, 0.1) is 6.54 Å². The molecule has 2 aromatic rings. The van der Waals surface area contributed by atoms with Gasteiger partial charge in [-0.25, -0.2) is 19.2 Å². The van der Waals surface area contributed by atoms with E-state index in [0.29, 0.717) is 37.7 Å². The fourth-order valence-corrected chi connectivity index (χ4v) is 3.71. The maximum absolute atomic E-state index is 14.0. The summed E-state index contributed by atoms with van der Waals surface area (Å²) in [6.07, 6.45) is 5.51. The van der Waals surface area contributed by atoms with Gasteiger partial charge in [-0.15, -0.1) is 0 Å². The third-order valence-electron chi connectivity index (χ3n) is 5.63. The van der Waals surface area contributed by atoms with E-state index in [1.807, 2.05) is 4.90 Å². The van der Waals surface area contributed by atoms with Crippen molar-refractivity contribution in [3.8, 4) is 0 Å². The van der Waals surface area contributed by atoms with Crippen LogP contribution in [-0.2, 0) is 11.3 Å². The summed E-state index contributed by atoms with van der Waals surface area (Å²) in [5.74, 6) is 0.383. The maximum atomic E-state index is 14.0. The van der Waals surface area contributed by atoms with Gasteiger partial charge in [0.1, 0.15) is 5.82 Å². The number of benzene rings is 1. The topological polar surface area (TPSA) is 81.7 Å². The molecule has 0 bridgehead atoms. The second kappa shape index (κ2) is 9.72. The molecule has 3 amide bonds. The summed E-state index contributed by atoms with van der Waals surface area (Å²) in [4.78, 5) is 39.2. The second-order valence-corrected chi connectivity index (χ2v) is 7.85. The largest absolute Gasteiger partial charge is 0.339 e. The van der Waals surface area contributed by atoms with Crippen LogP contribution in [0.1, 0.15) is 24.8 Å². The number of halogens is 1. The van der Waals surface area contributed by atoms with E-state index in [1.54, 1.807) is 41.6 Å². The molecule has 1 aromatic heterocycles. The van der Waals surface area contributed by atoms with Gasteiger partial charge in [-0.2, -0.15) is 0 Å². The molecule has 1 aliphatic heterocycles. The lowest BCUT2D eigenvalue weighted by atomic mass is 10.2. The molecule has 0 atom stereocenters. The van der Waals surface area contributed by atoms with Crippen LogP contribution in [0.15, 0.2) is 42.7 Å². The number of urea groups is 1. The standard InChI is InChI=1S/C22H27FN6O2/c23-19-5-2-1-4-17(19)16-29(18-6-7-18)22(31)26-11-8-20(30)27-12-14-28(15-13-27)21-24-9-3-10-25-21/h1-5,9-10,18H,6-8,11-16H2,(H,26,31). The van der Waals surface area contributed by atoms with Gasteiger partial charge in [-0.05, 0) is 25.0 Å². The highest BCUT2D eigenvalue weighted by Gasteiger charge is 2.33. The summed E-state index contributed by atoms with van der Waals surface area (Å²) in [7, 11) is 0. The number of rotatable bonds is 7. The smallest absolute Gasteiger partial charge is 0.317 e. The Morgan fingerprint density at radius 1 is 1.06 bits per heavy atom. The molecule has 2 heterocycles. The van der Waals surface area contributed by atoms with E-state index in [1.165, 1.54) is 6.07 Å². The highest BCUT2D eigenvalue weighted by Crippen LogP contribution is 2.28. The highest BCUT2D eigenvalue weighted by atomic mass is 19.1. The number of amides is 3. The van der Waals surface area contributed by atoms with Crippen molar-refractivity contribution in [3.05, 3.63) is 54.1 Å². The third-order valence-corrected chi connectivity index (χ3v) is 5.63. The quantitative estimate of drug-likeness (QED) is 0.733. The van der Waals surface area contributed by atoms with E-state index in [4.69, 9.17) is 0 Å². The van der Waals surface area contributed by atoms with Crippen LogP contribution in [0.4, 0.5) is 15.1 Å². The third kappa shape index (κ3) is 5.48. The van der Waals surface area contributed by atoms with E-state index in [9.17, 15) is 14.0 Å². The molecule has 1 N–H and O–H groups in total. The predicted molar refractivity (Wildman–Crippen MR) is 114 cm³/mol. The molecule has 164 valence electrons. The number of anilines is 1. The molecule has 1 saturated heterocycles. The van der Waals surface area contributed by atoms with Crippen molar-refractivity contribution in [2.24, 2.45) is 0 Å². The lowest BCUT2D eigenvalue weighted by Crippen LogP contribution is -2.50. The van der Waals surface area contributed by atoms with Crippen molar-refractivity contribution in [2.45, 2.75) is 31.8 Å². The number of nitrogens with one attached hydrogen (secondary N) is 1. The summed E-state index contributed by atoms with van der Waals surface area (Å²) in [6, 6.07) is 8.18. The van der Waals surface area contributed by atoms with Crippen LogP contribution >= 0.6 is 0 Å². The van der Waals surface area contributed by atoms with Crippen molar-refractivity contribution in [1.82, 2.24) is 25.1 Å². The highest BCUT2D eigenvalue weighted by molar-refractivity contribution is 5.79. The number of piperazine rings is 1.